The monoisotopic (exact) mass is 311 g/mol. The molecule has 1 aromatic rings. The highest BCUT2D eigenvalue weighted by Gasteiger charge is 2.58. The van der Waals surface area contributed by atoms with Crippen LogP contribution in [0.2, 0.25) is 0 Å². The Labute approximate surface area is 116 Å². The van der Waals surface area contributed by atoms with Crippen molar-refractivity contribution in [1.82, 2.24) is 4.90 Å². The fourth-order valence-corrected chi connectivity index (χ4v) is 2.95. The molecule has 0 bridgehead atoms. The van der Waals surface area contributed by atoms with Gasteiger partial charge >= 0.3 is 5.97 Å². The molecule has 3 nitrogen and oxygen atoms in total. The SMILES string of the molecule is COC(=O)C1(C(c2ccc(Br)cc2)N(C)C)CC1. The number of ether oxygens (including phenoxy) is 1. The minimum Gasteiger partial charge on any atom is -0.469 e. The van der Waals surface area contributed by atoms with Crippen molar-refractivity contribution in [3.63, 3.8) is 0 Å². The van der Waals surface area contributed by atoms with Crippen LogP contribution in [0.3, 0.4) is 0 Å². The van der Waals surface area contributed by atoms with E-state index in [0.717, 1.165) is 22.9 Å². The molecule has 1 fully saturated rings. The van der Waals surface area contributed by atoms with Crippen molar-refractivity contribution in [3.8, 4) is 0 Å². The highest BCUT2D eigenvalue weighted by Crippen LogP contribution is 2.57. The Bertz CT molecular complexity index is 438. The standard InChI is InChI=1S/C14H18BrNO2/c1-16(2)12(10-4-6-11(15)7-5-10)14(8-9-14)13(17)18-3/h4-7,12H,8-9H2,1-3H3. The number of hydrogen-bond acceptors (Lipinski definition) is 3. The Balaban J connectivity index is 2.35. The summed E-state index contributed by atoms with van der Waals surface area (Å²) in [4.78, 5) is 14.1. The predicted molar refractivity (Wildman–Crippen MR) is 74.3 cm³/mol. The van der Waals surface area contributed by atoms with Gasteiger partial charge in [0, 0.05) is 4.47 Å². The van der Waals surface area contributed by atoms with E-state index >= 15 is 0 Å². The molecule has 4 heteroatoms. The van der Waals surface area contributed by atoms with Crippen molar-refractivity contribution in [2.45, 2.75) is 18.9 Å². The lowest BCUT2D eigenvalue weighted by molar-refractivity contribution is -0.150. The van der Waals surface area contributed by atoms with Gasteiger partial charge in [-0.05, 0) is 44.6 Å². The van der Waals surface area contributed by atoms with E-state index in [9.17, 15) is 4.79 Å². The average molecular weight is 312 g/mol. The number of hydrogen-bond donors (Lipinski definition) is 0. The topological polar surface area (TPSA) is 29.5 Å². The highest BCUT2D eigenvalue weighted by atomic mass is 79.9. The van der Waals surface area contributed by atoms with Gasteiger partial charge in [0.1, 0.15) is 0 Å². The van der Waals surface area contributed by atoms with Crippen LogP contribution < -0.4 is 0 Å². The third kappa shape index (κ3) is 2.31. The summed E-state index contributed by atoms with van der Waals surface area (Å²) in [5.74, 6) is -0.0934. The van der Waals surface area contributed by atoms with Gasteiger partial charge in [0.2, 0.25) is 0 Å². The van der Waals surface area contributed by atoms with E-state index in [4.69, 9.17) is 4.74 Å². The molecule has 0 aliphatic heterocycles. The number of esters is 1. The van der Waals surface area contributed by atoms with Gasteiger partial charge in [0.25, 0.3) is 0 Å². The largest absolute Gasteiger partial charge is 0.469 e. The molecule has 0 heterocycles. The predicted octanol–water partition coefficient (Wildman–Crippen LogP) is 3.01. The van der Waals surface area contributed by atoms with E-state index in [2.05, 4.69) is 33.0 Å². The van der Waals surface area contributed by atoms with E-state index in [-0.39, 0.29) is 17.4 Å². The van der Waals surface area contributed by atoms with Crippen molar-refractivity contribution in [2.24, 2.45) is 5.41 Å². The number of rotatable bonds is 4. The van der Waals surface area contributed by atoms with Crippen molar-refractivity contribution >= 4 is 21.9 Å². The molecule has 0 saturated heterocycles. The Morgan fingerprint density at radius 3 is 2.28 bits per heavy atom. The van der Waals surface area contributed by atoms with Crippen LogP contribution in [-0.2, 0) is 9.53 Å². The molecule has 2 rings (SSSR count). The summed E-state index contributed by atoms with van der Waals surface area (Å²) in [7, 11) is 5.49. The van der Waals surface area contributed by atoms with E-state index in [1.807, 2.05) is 26.2 Å². The van der Waals surface area contributed by atoms with Gasteiger partial charge < -0.3 is 9.64 Å². The maximum absolute atomic E-state index is 12.0. The van der Waals surface area contributed by atoms with Crippen LogP contribution in [0.5, 0.6) is 0 Å². The average Bonchev–Trinajstić information content (AvgIpc) is 3.12. The first-order valence-electron chi connectivity index (χ1n) is 6.01. The molecule has 1 unspecified atom stereocenters. The van der Waals surface area contributed by atoms with E-state index in [1.165, 1.54) is 7.11 Å². The lowest BCUT2D eigenvalue weighted by Crippen LogP contribution is -2.34. The quantitative estimate of drug-likeness (QED) is 0.801. The van der Waals surface area contributed by atoms with Gasteiger partial charge in [0.15, 0.2) is 0 Å². The Kier molecular flexibility index (Phi) is 3.78. The van der Waals surface area contributed by atoms with Crippen LogP contribution in [-0.4, -0.2) is 32.1 Å². The zero-order chi connectivity index (χ0) is 13.3. The Morgan fingerprint density at radius 1 is 1.33 bits per heavy atom. The van der Waals surface area contributed by atoms with E-state index < -0.39 is 0 Å². The molecule has 1 aliphatic carbocycles. The number of carbonyl (C=O) groups is 1. The summed E-state index contributed by atoms with van der Waals surface area (Å²) in [6.45, 7) is 0. The number of nitrogens with zero attached hydrogens (tertiary/aromatic N) is 1. The second-order valence-corrected chi connectivity index (χ2v) is 5.98. The second kappa shape index (κ2) is 5.02. The van der Waals surface area contributed by atoms with Crippen LogP contribution in [0.15, 0.2) is 28.7 Å². The molecular formula is C14H18BrNO2. The first-order valence-corrected chi connectivity index (χ1v) is 6.81. The minimum absolute atomic E-state index is 0.0815. The van der Waals surface area contributed by atoms with Crippen molar-refractivity contribution < 1.29 is 9.53 Å². The zero-order valence-electron chi connectivity index (χ0n) is 10.9. The number of methoxy groups -OCH3 is 1. The fourth-order valence-electron chi connectivity index (χ4n) is 2.68. The first-order chi connectivity index (χ1) is 8.51. The van der Waals surface area contributed by atoms with Gasteiger partial charge in [-0.1, -0.05) is 28.1 Å². The first kappa shape index (κ1) is 13.6. The summed E-state index contributed by atoms with van der Waals surface area (Å²) in [5.41, 5.74) is 0.803. The molecule has 0 N–H and O–H groups in total. The number of carbonyl (C=O) groups excluding carboxylic acids is 1. The lowest BCUT2D eigenvalue weighted by atomic mass is 9.89. The van der Waals surface area contributed by atoms with Crippen molar-refractivity contribution in [2.75, 3.05) is 21.2 Å². The molecular weight excluding hydrogens is 294 g/mol. The Morgan fingerprint density at radius 2 is 1.89 bits per heavy atom. The third-order valence-corrected chi connectivity index (χ3v) is 4.13. The number of benzene rings is 1. The fraction of sp³-hybridized carbons (Fsp3) is 0.500. The molecule has 0 aromatic heterocycles. The normalized spacial score (nSPS) is 18.5. The molecule has 1 aliphatic rings. The van der Waals surface area contributed by atoms with Gasteiger partial charge in [-0.15, -0.1) is 0 Å². The lowest BCUT2D eigenvalue weighted by Gasteiger charge is -2.31. The van der Waals surface area contributed by atoms with Crippen LogP contribution in [0.1, 0.15) is 24.4 Å². The van der Waals surface area contributed by atoms with Crippen LogP contribution >= 0.6 is 15.9 Å². The molecule has 0 radical (unpaired) electrons. The van der Waals surface area contributed by atoms with Crippen LogP contribution in [0.4, 0.5) is 0 Å². The van der Waals surface area contributed by atoms with E-state index in [1.54, 1.807) is 0 Å². The zero-order valence-corrected chi connectivity index (χ0v) is 12.5. The van der Waals surface area contributed by atoms with Gasteiger partial charge in [0.05, 0.1) is 18.6 Å². The van der Waals surface area contributed by atoms with Gasteiger partial charge in [-0.3, -0.25) is 4.79 Å². The molecule has 1 atom stereocenters. The summed E-state index contributed by atoms with van der Waals surface area (Å²) in [6, 6.07) is 8.24. The molecule has 0 amide bonds. The third-order valence-electron chi connectivity index (χ3n) is 3.61. The summed E-state index contributed by atoms with van der Waals surface area (Å²) < 4.78 is 6.03. The summed E-state index contributed by atoms with van der Waals surface area (Å²) in [6.07, 6.45) is 1.80. The van der Waals surface area contributed by atoms with Crippen molar-refractivity contribution in [1.29, 1.82) is 0 Å². The molecule has 0 spiro atoms. The number of halogens is 1. The second-order valence-electron chi connectivity index (χ2n) is 5.07. The van der Waals surface area contributed by atoms with Crippen LogP contribution in [0, 0.1) is 5.41 Å². The van der Waals surface area contributed by atoms with Crippen molar-refractivity contribution in [3.05, 3.63) is 34.3 Å². The van der Waals surface area contributed by atoms with Gasteiger partial charge in [-0.25, -0.2) is 0 Å². The van der Waals surface area contributed by atoms with Crippen LogP contribution in [0.25, 0.3) is 0 Å². The molecule has 18 heavy (non-hydrogen) atoms. The van der Waals surface area contributed by atoms with E-state index in [0.29, 0.717) is 0 Å². The smallest absolute Gasteiger partial charge is 0.313 e. The maximum Gasteiger partial charge on any atom is 0.313 e. The summed E-state index contributed by atoms with van der Waals surface area (Å²) in [5, 5.41) is 0. The minimum atomic E-state index is -0.355. The molecule has 1 aromatic carbocycles. The Hall–Kier alpha value is -0.870. The summed E-state index contributed by atoms with van der Waals surface area (Å²) >= 11 is 3.44. The highest BCUT2D eigenvalue weighted by molar-refractivity contribution is 9.10. The molecule has 98 valence electrons. The molecule has 1 saturated carbocycles. The maximum atomic E-state index is 12.0. The van der Waals surface area contributed by atoms with Gasteiger partial charge in [-0.2, -0.15) is 0 Å².